The fraction of sp³-hybridized carbons (Fsp3) is 0.200. The Morgan fingerprint density at radius 2 is 1.50 bits per heavy atom. The van der Waals surface area contributed by atoms with Crippen LogP contribution in [0.2, 0.25) is 0 Å². The molecule has 0 spiro atoms. The summed E-state index contributed by atoms with van der Waals surface area (Å²) in [6.07, 6.45) is 0. The molecule has 0 aliphatic carbocycles. The number of carbonyl (C=O) groups excluding carboxylic acids is 1. The van der Waals surface area contributed by atoms with Crippen molar-refractivity contribution in [1.29, 1.82) is 0 Å². The molecule has 0 aliphatic rings. The molecule has 3 nitrogen and oxygen atoms in total. The molecule has 0 saturated carbocycles. The number of Topliss-reactive ketones (excluding diaryl/α,β-unsaturated/α-hetero) is 1. The molecule has 0 amide bonds. The predicted molar refractivity (Wildman–Crippen MR) is 59.2 cm³/mol. The van der Waals surface area contributed by atoms with E-state index in [-0.39, 0.29) is 8.96 Å². The van der Waals surface area contributed by atoms with E-state index in [1.807, 2.05) is 0 Å². The molecule has 68 valence electrons. The summed E-state index contributed by atoms with van der Waals surface area (Å²) in [7, 11) is 0. The van der Waals surface area contributed by atoms with Crippen LogP contribution in [0.4, 0.5) is 0 Å². The standard InChI is InChI=1S/C5H2Br4O3/c6-1(2(7)5(11)12)3(10)4(8)9/h4H,(H,11,12). The van der Waals surface area contributed by atoms with Crippen molar-refractivity contribution in [2.24, 2.45) is 0 Å². The maximum atomic E-state index is 11.1. The van der Waals surface area contributed by atoms with Gasteiger partial charge in [0.15, 0.2) is 5.78 Å². The number of carboxylic acids is 1. The second kappa shape index (κ2) is 5.51. The zero-order chi connectivity index (χ0) is 9.89. The van der Waals surface area contributed by atoms with Gasteiger partial charge in [-0.3, -0.25) is 4.79 Å². The molecule has 0 fully saturated rings. The topological polar surface area (TPSA) is 54.4 Å². The largest absolute Gasteiger partial charge is 0.477 e. The van der Waals surface area contributed by atoms with Gasteiger partial charge in [0.25, 0.3) is 0 Å². The number of allylic oxidation sites excluding steroid dienone is 1. The van der Waals surface area contributed by atoms with E-state index >= 15 is 0 Å². The number of carboxylic acid groups (broad SMARTS) is 1. The molecule has 0 atom stereocenters. The molecule has 0 aromatic carbocycles. The molecule has 0 rings (SSSR count). The number of hydrogen-bond acceptors (Lipinski definition) is 2. The molecule has 12 heavy (non-hydrogen) atoms. The van der Waals surface area contributed by atoms with Crippen LogP contribution < -0.4 is 0 Å². The predicted octanol–water partition coefficient (Wildman–Crippen LogP) is 2.76. The van der Waals surface area contributed by atoms with E-state index in [0.717, 1.165) is 0 Å². The molecule has 7 heteroatoms. The molecule has 1 N–H and O–H groups in total. The summed E-state index contributed by atoms with van der Waals surface area (Å²) in [5.41, 5.74) is 0. The second-order valence-corrected chi connectivity index (χ2v) is 6.24. The number of hydrogen-bond donors (Lipinski definition) is 1. The lowest BCUT2D eigenvalue weighted by atomic mass is 10.4. The van der Waals surface area contributed by atoms with Crippen molar-refractivity contribution in [3.8, 4) is 0 Å². The van der Waals surface area contributed by atoms with Crippen molar-refractivity contribution in [3.63, 3.8) is 0 Å². The normalized spacial score (nSPS) is 12.8. The Hall–Kier alpha value is 0.800. The molecule has 0 heterocycles. The van der Waals surface area contributed by atoms with Crippen LogP contribution in [0.1, 0.15) is 0 Å². The van der Waals surface area contributed by atoms with Gasteiger partial charge in [0.1, 0.15) is 8.22 Å². The highest BCUT2D eigenvalue weighted by molar-refractivity contribution is 9.25. The fourth-order valence-electron chi connectivity index (χ4n) is 0.298. The van der Waals surface area contributed by atoms with Crippen molar-refractivity contribution in [3.05, 3.63) is 8.96 Å². The first-order chi connectivity index (χ1) is 5.37. The van der Waals surface area contributed by atoms with Gasteiger partial charge in [0, 0.05) is 0 Å². The fourth-order valence-corrected chi connectivity index (χ4v) is 1.96. The zero-order valence-corrected chi connectivity index (χ0v) is 11.7. The Morgan fingerprint density at radius 3 is 1.75 bits per heavy atom. The van der Waals surface area contributed by atoms with Gasteiger partial charge in [-0.05, 0) is 31.9 Å². The van der Waals surface area contributed by atoms with Gasteiger partial charge in [0.05, 0.1) is 4.48 Å². The lowest BCUT2D eigenvalue weighted by Gasteiger charge is -2.00. The average molecular weight is 430 g/mol. The van der Waals surface area contributed by atoms with Gasteiger partial charge >= 0.3 is 5.97 Å². The molecule has 0 saturated heterocycles. The first-order valence-electron chi connectivity index (χ1n) is 2.48. The number of alkyl halides is 2. The molecular weight excluding hydrogens is 428 g/mol. The Morgan fingerprint density at radius 1 is 1.08 bits per heavy atom. The summed E-state index contributed by atoms with van der Waals surface area (Å²) in [6, 6.07) is 0. The lowest BCUT2D eigenvalue weighted by Crippen LogP contribution is -2.09. The first kappa shape index (κ1) is 12.8. The van der Waals surface area contributed by atoms with E-state index in [4.69, 9.17) is 5.11 Å². The maximum Gasteiger partial charge on any atom is 0.344 e. The van der Waals surface area contributed by atoms with Crippen LogP contribution in [0, 0.1) is 0 Å². The third-order valence-electron chi connectivity index (χ3n) is 0.795. The Labute approximate surface area is 102 Å². The Bertz CT molecular complexity index is 245. The number of carbonyl (C=O) groups is 2. The SMILES string of the molecule is O=C(O)C(Br)=C(Br)C(=O)C(Br)Br. The summed E-state index contributed by atoms with van der Waals surface area (Å²) in [6.45, 7) is 0. The van der Waals surface area contributed by atoms with Gasteiger partial charge in [-0.1, -0.05) is 31.9 Å². The van der Waals surface area contributed by atoms with Gasteiger partial charge in [-0.25, -0.2) is 4.79 Å². The minimum atomic E-state index is -1.20. The zero-order valence-electron chi connectivity index (χ0n) is 5.35. The summed E-state index contributed by atoms with van der Waals surface area (Å²) in [5, 5.41) is 8.47. The third-order valence-corrected chi connectivity index (χ3v) is 3.68. The molecule has 0 aromatic rings. The van der Waals surface area contributed by atoms with Crippen LogP contribution in [0.15, 0.2) is 8.96 Å². The van der Waals surface area contributed by atoms with E-state index in [0.29, 0.717) is 0 Å². The van der Waals surface area contributed by atoms with E-state index in [1.54, 1.807) is 0 Å². The quantitative estimate of drug-likeness (QED) is 0.554. The number of halogens is 4. The number of rotatable bonds is 3. The van der Waals surface area contributed by atoms with Crippen molar-refractivity contribution in [2.45, 2.75) is 3.74 Å². The van der Waals surface area contributed by atoms with E-state index < -0.39 is 15.5 Å². The molecule has 0 aliphatic heterocycles. The van der Waals surface area contributed by atoms with Gasteiger partial charge in [0.2, 0.25) is 0 Å². The van der Waals surface area contributed by atoms with Crippen LogP contribution >= 0.6 is 63.7 Å². The van der Waals surface area contributed by atoms with Crippen molar-refractivity contribution in [2.75, 3.05) is 0 Å². The summed E-state index contributed by atoms with van der Waals surface area (Å²) >= 11 is 11.5. The molecule has 0 unspecified atom stereocenters. The van der Waals surface area contributed by atoms with Crippen LogP contribution in [0.3, 0.4) is 0 Å². The summed E-state index contributed by atoms with van der Waals surface area (Å²) in [4.78, 5) is 21.4. The minimum absolute atomic E-state index is 0.0197. The average Bonchev–Trinajstić information content (AvgIpc) is 2.00. The maximum absolute atomic E-state index is 11.1. The monoisotopic (exact) mass is 426 g/mol. The third kappa shape index (κ3) is 3.68. The van der Waals surface area contributed by atoms with Gasteiger partial charge in [-0.2, -0.15) is 0 Å². The van der Waals surface area contributed by atoms with Crippen molar-refractivity contribution < 1.29 is 14.7 Å². The van der Waals surface area contributed by atoms with E-state index in [2.05, 4.69) is 63.7 Å². The van der Waals surface area contributed by atoms with Gasteiger partial charge in [-0.15, -0.1) is 0 Å². The second-order valence-electron chi connectivity index (χ2n) is 1.60. The highest BCUT2D eigenvalue weighted by atomic mass is 79.9. The highest BCUT2D eigenvalue weighted by Gasteiger charge is 2.20. The van der Waals surface area contributed by atoms with Crippen LogP contribution in [-0.2, 0) is 9.59 Å². The van der Waals surface area contributed by atoms with Crippen LogP contribution in [-0.4, -0.2) is 20.6 Å². The van der Waals surface area contributed by atoms with Gasteiger partial charge < -0.3 is 5.11 Å². The summed E-state index contributed by atoms with van der Waals surface area (Å²) < 4.78 is -0.809. The Kier molecular flexibility index (Phi) is 5.88. The van der Waals surface area contributed by atoms with Crippen LogP contribution in [0.25, 0.3) is 0 Å². The molecule has 0 radical (unpaired) electrons. The molecule has 0 aromatic heterocycles. The Balaban J connectivity index is 4.79. The summed E-state index contributed by atoms with van der Waals surface area (Å²) in [5.74, 6) is -1.60. The van der Waals surface area contributed by atoms with Crippen molar-refractivity contribution >= 4 is 75.5 Å². The van der Waals surface area contributed by atoms with Crippen molar-refractivity contribution in [1.82, 2.24) is 0 Å². The lowest BCUT2D eigenvalue weighted by molar-refractivity contribution is -0.132. The first-order valence-corrected chi connectivity index (χ1v) is 5.90. The minimum Gasteiger partial charge on any atom is -0.477 e. The molecular formula is C5H2Br4O3. The van der Waals surface area contributed by atoms with Crippen LogP contribution in [0.5, 0.6) is 0 Å². The highest BCUT2D eigenvalue weighted by Crippen LogP contribution is 2.24. The van der Waals surface area contributed by atoms with E-state index in [9.17, 15) is 9.59 Å². The number of aliphatic carboxylic acids is 1. The number of ketones is 1. The molecule has 0 bridgehead atoms. The van der Waals surface area contributed by atoms with E-state index in [1.165, 1.54) is 0 Å². The smallest absolute Gasteiger partial charge is 0.344 e.